The summed E-state index contributed by atoms with van der Waals surface area (Å²) in [7, 11) is 3.43. The molecule has 1 N–H and O–H groups in total. The van der Waals surface area contributed by atoms with Crippen LogP contribution >= 0.6 is 11.8 Å². The molecule has 10 nitrogen and oxygen atoms in total. The lowest BCUT2D eigenvalue weighted by Gasteiger charge is -2.08. The molecule has 0 spiro atoms. The Morgan fingerprint density at radius 3 is 2.52 bits per heavy atom. The molecule has 4 aromatic rings. The van der Waals surface area contributed by atoms with Gasteiger partial charge in [-0.05, 0) is 37.6 Å². The Balaban J connectivity index is 1.64. The maximum atomic E-state index is 12.5. The van der Waals surface area contributed by atoms with Crippen LogP contribution in [0.5, 0.6) is 5.75 Å². The molecule has 0 amide bonds. The van der Waals surface area contributed by atoms with E-state index in [-0.39, 0.29) is 0 Å². The summed E-state index contributed by atoms with van der Waals surface area (Å²) in [4.78, 5) is 31.9. The summed E-state index contributed by atoms with van der Waals surface area (Å²) in [5.41, 5.74) is 0.926. The van der Waals surface area contributed by atoms with Gasteiger partial charge in [0.15, 0.2) is 22.1 Å². The van der Waals surface area contributed by atoms with Crippen molar-refractivity contribution >= 4 is 22.9 Å². The number of aromatic nitrogens is 7. The third-order valence-corrected chi connectivity index (χ3v) is 6.52. The number of nitrogens with zero attached hydrogens (tertiary/aromatic N) is 6. The molecule has 0 saturated heterocycles. The molecule has 3 heterocycles. The smallest absolute Gasteiger partial charge is 0.330 e. The predicted molar refractivity (Wildman–Crippen MR) is 128 cm³/mol. The number of methoxy groups -OCH3 is 1. The van der Waals surface area contributed by atoms with Crippen molar-refractivity contribution in [1.82, 2.24) is 33.9 Å². The Morgan fingerprint density at radius 1 is 1.09 bits per heavy atom. The van der Waals surface area contributed by atoms with Crippen LogP contribution in [0.4, 0.5) is 0 Å². The Bertz CT molecular complexity index is 1380. The Morgan fingerprint density at radius 2 is 1.85 bits per heavy atom. The molecule has 0 fully saturated rings. The van der Waals surface area contributed by atoms with Crippen molar-refractivity contribution in [2.24, 2.45) is 7.05 Å². The molecule has 0 radical (unpaired) electrons. The van der Waals surface area contributed by atoms with Gasteiger partial charge in [0.05, 0.1) is 12.9 Å². The van der Waals surface area contributed by atoms with E-state index in [0.29, 0.717) is 35.8 Å². The van der Waals surface area contributed by atoms with Crippen LogP contribution < -0.4 is 16.0 Å². The highest BCUT2D eigenvalue weighted by Gasteiger charge is 2.18. The van der Waals surface area contributed by atoms with Crippen LogP contribution in [0, 0.1) is 0 Å². The van der Waals surface area contributed by atoms with E-state index in [0.717, 1.165) is 35.1 Å². The normalized spacial score (nSPS) is 11.4. The van der Waals surface area contributed by atoms with Crippen molar-refractivity contribution in [3.8, 4) is 17.1 Å². The monoisotopic (exact) mass is 469 g/mol. The van der Waals surface area contributed by atoms with E-state index in [1.165, 1.54) is 11.8 Å². The molecule has 33 heavy (non-hydrogen) atoms. The number of unbranched alkanes of at least 4 members (excludes halogenated alkanes) is 1. The van der Waals surface area contributed by atoms with E-state index in [1.807, 2.05) is 35.8 Å². The van der Waals surface area contributed by atoms with Crippen LogP contribution in [0.2, 0.25) is 0 Å². The second kappa shape index (κ2) is 9.65. The number of imidazole rings is 1. The van der Waals surface area contributed by atoms with Gasteiger partial charge in [0.25, 0.3) is 5.56 Å². The number of fused-ring (bicyclic) bond motifs is 1. The maximum Gasteiger partial charge on any atom is 0.330 e. The fourth-order valence-corrected chi connectivity index (χ4v) is 4.69. The van der Waals surface area contributed by atoms with Gasteiger partial charge < -0.3 is 13.9 Å². The number of benzene rings is 1. The van der Waals surface area contributed by atoms with Gasteiger partial charge in [-0.1, -0.05) is 25.1 Å². The van der Waals surface area contributed by atoms with Crippen molar-refractivity contribution in [3.05, 3.63) is 50.9 Å². The van der Waals surface area contributed by atoms with E-state index in [4.69, 9.17) is 4.74 Å². The highest BCUT2D eigenvalue weighted by molar-refractivity contribution is 7.98. The number of hydrogen-bond acceptors (Lipinski definition) is 7. The van der Waals surface area contributed by atoms with E-state index >= 15 is 0 Å². The Kier molecular flexibility index (Phi) is 6.68. The largest absolute Gasteiger partial charge is 0.497 e. The summed E-state index contributed by atoms with van der Waals surface area (Å²) < 4.78 is 10.6. The molecular formula is C22H27N7O3S. The highest BCUT2D eigenvalue weighted by Crippen LogP contribution is 2.27. The minimum atomic E-state index is -0.424. The molecule has 0 aliphatic carbocycles. The summed E-state index contributed by atoms with van der Waals surface area (Å²) in [6.45, 7) is 5.32. The first-order valence-corrected chi connectivity index (χ1v) is 11.9. The first-order chi connectivity index (χ1) is 16.0. The minimum absolute atomic E-state index is 0.400. The van der Waals surface area contributed by atoms with Gasteiger partial charge in [0, 0.05) is 25.7 Å². The molecule has 0 bridgehead atoms. The second-order valence-electron chi connectivity index (χ2n) is 7.59. The number of H-pyrrole nitrogens is 1. The quantitative estimate of drug-likeness (QED) is 0.375. The number of aromatic amines is 1. The molecule has 0 aliphatic rings. The Labute approximate surface area is 194 Å². The summed E-state index contributed by atoms with van der Waals surface area (Å²) in [6, 6.07) is 7.70. The van der Waals surface area contributed by atoms with Crippen LogP contribution in [-0.2, 0) is 25.9 Å². The molecule has 0 atom stereocenters. The van der Waals surface area contributed by atoms with Crippen molar-refractivity contribution in [1.29, 1.82) is 0 Å². The topological polar surface area (TPSA) is 113 Å². The van der Waals surface area contributed by atoms with Gasteiger partial charge >= 0.3 is 5.69 Å². The number of aryl methyl sites for hydroxylation is 2. The van der Waals surface area contributed by atoms with E-state index in [1.54, 1.807) is 23.3 Å². The fourth-order valence-electron chi connectivity index (χ4n) is 3.71. The van der Waals surface area contributed by atoms with E-state index < -0.39 is 11.2 Å². The number of hydrogen-bond donors (Lipinski definition) is 1. The van der Waals surface area contributed by atoms with Crippen LogP contribution in [-0.4, -0.2) is 41.0 Å². The molecule has 11 heteroatoms. The highest BCUT2D eigenvalue weighted by atomic mass is 32.2. The van der Waals surface area contributed by atoms with E-state index in [9.17, 15) is 9.59 Å². The van der Waals surface area contributed by atoms with Crippen molar-refractivity contribution < 1.29 is 4.74 Å². The van der Waals surface area contributed by atoms with Crippen molar-refractivity contribution in [3.63, 3.8) is 0 Å². The third-order valence-electron chi connectivity index (χ3n) is 5.55. The van der Waals surface area contributed by atoms with E-state index in [2.05, 4.69) is 27.1 Å². The average Bonchev–Trinajstić information content (AvgIpc) is 3.38. The summed E-state index contributed by atoms with van der Waals surface area (Å²) in [5.74, 6) is 2.73. The third kappa shape index (κ3) is 4.32. The Hall–Kier alpha value is -3.34. The van der Waals surface area contributed by atoms with Gasteiger partial charge in [0.2, 0.25) is 0 Å². The van der Waals surface area contributed by atoms with Crippen molar-refractivity contribution in [2.75, 3.05) is 7.11 Å². The molecule has 0 aliphatic heterocycles. The number of ether oxygens (including phenoxy) is 1. The molecule has 3 aromatic heterocycles. The average molecular weight is 470 g/mol. The fraction of sp³-hybridized carbons (Fsp3) is 0.409. The number of rotatable bonds is 9. The molecule has 0 unspecified atom stereocenters. The standard InChI is InChI=1S/C22H27N7O3S/c1-5-7-12-29-19-17(20(30)24-21(29)31)27(3)16(23-19)13-33-22-26-25-18(28(22)6-2)14-8-10-15(32-4)11-9-14/h8-11H,5-7,12-13H2,1-4H3,(H,24,30,31). The van der Waals surface area contributed by atoms with Crippen LogP contribution in [0.1, 0.15) is 32.5 Å². The molecule has 1 aromatic carbocycles. The minimum Gasteiger partial charge on any atom is -0.497 e. The lowest BCUT2D eigenvalue weighted by molar-refractivity contribution is 0.415. The van der Waals surface area contributed by atoms with Gasteiger partial charge in [-0.2, -0.15) is 0 Å². The molecular weight excluding hydrogens is 442 g/mol. The van der Waals surface area contributed by atoms with Crippen molar-refractivity contribution in [2.45, 2.75) is 50.7 Å². The number of nitrogens with one attached hydrogen (secondary N) is 1. The number of thioether (sulfide) groups is 1. The zero-order valence-electron chi connectivity index (χ0n) is 19.2. The van der Waals surface area contributed by atoms with Gasteiger partial charge in [-0.15, -0.1) is 10.2 Å². The zero-order valence-corrected chi connectivity index (χ0v) is 20.0. The lowest BCUT2D eigenvalue weighted by Crippen LogP contribution is -2.31. The summed E-state index contributed by atoms with van der Waals surface area (Å²) >= 11 is 1.49. The van der Waals surface area contributed by atoms with Gasteiger partial charge in [0.1, 0.15) is 11.6 Å². The lowest BCUT2D eigenvalue weighted by atomic mass is 10.2. The first kappa shape index (κ1) is 22.8. The first-order valence-electron chi connectivity index (χ1n) is 10.9. The van der Waals surface area contributed by atoms with Crippen LogP contribution in [0.25, 0.3) is 22.6 Å². The zero-order chi connectivity index (χ0) is 23.5. The SMILES string of the molecule is CCCCn1c(=O)[nH]c(=O)c2c1nc(CSc1nnc(-c3ccc(OC)cc3)n1CC)n2C. The van der Waals surface area contributed by atoms with Crippen LogP contribution in [0.15, 0.2) is 39.0 Å². The second-order valence-corrected chi connectivity index (χ2v) is 8.53. The van der Waals surface area contributed by atoms with Gasteiger partial charge in [-0.25, -0.2) is 9.78 Å². The predicted octanol–water partition coefficient (Wildman–Crippen LogP) is 2.80. The summed E-state index contributed by atoms with van der Waals surface area (Å²) in [5, 5.41) is 9.52. The molecule has 4 rings (SSSR count). The maximum absolute atomic E-state index is 12.5. The molecule has 0 saturated carbocycles. The van der Waals surface area contributed by atoms with Gasteiger partial charge in [-0.3, -0.25) is 14.3 Å². The van der Waals surface area contributed by atoms with Crippen LogP contribution in [0.3, 0.4) is 0 Å². The molecule has 174 valence electrons. The summed E-state index contributed by atoms with van der Waals surface area (Å²) in [6.07, 6.45) is 1.77.